The molecule has 2 aromatic rings. The van der Waals surface area contributed by atoms with Crippen LogP contribution in [0.4, 0.5) is 0 Å². The summed E-state index contributed by atoms with van der Waals surface area (Å²) in [6, 6.07) is 8.23. The molecule has 0 spiro atoms. The van der Waals surface area contributed by atoms with E-state index in [-0.39, 0.29) is 0 Å². The number of hydrogen-bond acceptors (Lipinski definition) is 4. The molecule has 0 amide bonds. The number of nitrogens with two attached hydrogens (primary N) is 1. The van der Waals surface area contributed by atoms with Crippen LogP contribution in [0.15, 0.2) is 53.8 Å². The lowest BCUT2D eigenvalue weighted by Gasteiger charge is -2.32. The Morgan fingerprint density at radius 1 is 1.33 bits per heavy atom. The molecule has 0 atom stereocenters. The van der Waals surface area contributed by atoms with Gasteiger partial charge in [0.05, 0.1) is 29.0 Å². The first-order valence-electron chi connectivity index (χ1n) is 8.47. The molecule has 0 radical (unpaired) electrons. The molecule has 124 valence electrons. The third-order valence-corrected chi connectivity index (χ3v) is 4.54. The van der Waals surface area contributed by atoms with Gasteiger partial charge in [-0.05, 0) is 50.7 Å². The van der Waals surface area contributed by atoms with Gasteiger partial charge in [0, 0.05) is 18.0 Å². The fourth-order valence-corrected chi connectivity index (χ4v) is 2.98. The van der Waals surface area contributed by atoms with Crippen LogP contribution in [0.2, 0.25) is 0 Å². The smallest absolute Gasteiger partial charge is 0.0922 e. The molecule has 0 aliphatic heterocycles. The molecule has 1 heterocycles. The lowest BCUT2D eigenvalue weighted by Crippen LogP contribution is -2.27. The van der Waals surface area contributed by atoms with Gasteiger partial charge < -0.3 is 5.73 Å². The Bertz CT molecular complexity index is 785. The van der Waals surface area contributed by atoms with Gasteiger partial charge in [0.25, 0.3) is 0 Å². The van der Waals surface area contributed by atoms with Crippen molar-refractivity contribution in [2.45, 2.75) is 38.6 Å². The zero-order valence-electron chi connectivity index (χ0n) is 14.2. The van der Waals surface area contributed by atoms with Crippen LogP contribution >= 0.6 is 0 Å². The van der Waals surface area contributed by atoms with E-state index in [2.05, 4.69) is 28.5 Å². The molecule has 1 fully saturated rings. The standard InChI is InChI=1S/C20H24N4/c1-14(2)7-8-15-9-17(10-15)22-12-16(11-21)20-13-23-18-5-3-4-6-19(18)24-20/h3-6,11-13,15,17H,1,7-10,21H2,2H3. The summed E-state index contributed by atoms with van der Waals surface area (Å²) in [6.07, 6.45) is 9.83. The van der Waals surface area contributed by atoms with Gasteiger partial charge >= 0.3 is 0 Å². The molecular formula is C20H24N4. The summed E-state index contributed by atoms with van der Waals surface area (Å²) in [5, 5.41) is 0. The van der Waals surface area contributed by atoms with E-state index in [1.807, 2.05) is 30.5 Å². The van der Waals surface area contributed by atoms with Gasteiger partial charge in [-0.3, -0.25) is 9.98 Å². The van der Waals surface area contributed by atoms with Gasteiger partial charge in [-0.1, -0.05) is 17.7 Å². The molecule has 0 unspecified atom stereocenters. The van der Waals surface area contributed by atoms with Crippen LogP contribution in [-0.4, -0.2) is 22.2 Å². The van der Waals surface area contributed by atoms with Crippen LogP contribution in [0.5, 0.6) is 0 Å². The van der Waals surface area contributed by atoms with Gasteiger partial charge in [0.1, 0.15) is 0 Å². The molecule has 1 aliphatic rings. The summed E-state index contributed by atoms with van der Waals surface area (Å²) in [5.74, 6) is 0.787. The number of hydrogen-bond donors (Lipinski definition) is 1. The third-order valence-electron chi connectivity index (χ3n) is 4.54. The van der Waals surface area contributed by atoms with Crippen molar-refractivity contribution in [3.05, 3.63) is 54.5 Å². The molecule has 0 bridgehead atoms. The highest BCUT2D eigenvalue weighted by Gasteiger charge is 2.27. The number of nitrogens with zero attached hydrogens (tertiary/aromatic N) is 3. The normalized spacial score (nSPS) is 21.1. The van der Waals surface area contributed by atoms with Gasteiger partial charge in [0.2, 0.25) is 0 Å². The number of rotatable bonds is 6. The summed E-state index contributed by atoms with van der Waals surface area (Å²) in [6.45, 7) is 6.06. The molecular weight excluding hydrogens is 296 g/mol. The van der Waals surface area contributed by atoms with Crippen molar-refractivity contribution in [2.24, 2.45) is 16.6 Å². The second-order valence-electron chi connectivity index (χ2n) is 6.63. The first kappa shape index (κ1) is 16.4. The number of fused-ring (bicyclic) bond motifs is 1. The van der Waals surface area contributed by atoms with Crippen LogP contribution in [0.3, 0.4) is 0 Å². The van der Waals surface area contributed by atoms with Crippen molar-refractivity contribution in [1.29, 1.82) is 0 Å². The van der Waals surface area contributed by atoms with E-state index in [9.17, 15) is 0 Å². The van der Waals surface area contributed by atoms with E-state index < -0.39 is 0 Å². The summed E-state index contributed by atoms with van der Waals surface area (Å²) in [4.78, 5) is 13.7. The van der Waals surface area contributed by atoms with Crippen molar-refractivity contribution in [3.63, 3.8) is 0 Å². The van der Waals surface area contributed by atoms with Crippen molar-refractivity contribution >= 4 is 22.8 Å². The van der Waals surface area contributed by atoms with Gasteiger partial charge in [-0.15, -0.1) is 6.58 Å². The maximum atomic E-state index is 5.77. The Morgan fingerprint density at radius 2 is 2.08 bits per heavy atom. The number of para-hydroxylation sites is 2. The van der Waals surface area contributed by atoms with E-state index in [1.165, 1.54) is 12.0 Å². The predicted octanol–water partition coefficient (Wildman–Crippen LogP) is 4.14. The van der Waals surface area contributed by atoms with E-state index in [0.717, 1.165) is 47.5 Å². The van der Waals surface area contributed by atoms with Crippen LogP contribution in [0, 0.1) is 5.92 Å². The first-order valence-corrected chi connectivity index (χ1v) is 8.47. The average molecular weight is 320 g/mol. The molecule has 1 aromatic carbocycles. The summed E-state index contributed by atoms with van der Waals surface area (Å²) in [5.41, 5.74) is 10.4. The van der Waals surface area contributed by atoms with Crippen molar-refractivity contribution in [3.8, 4) is 0 Å². The number of aromatic nitrogens is 2. The zero-order chi connectivity index (χ0) is 16.9. The second-order valence-corrected chi connectivity index (χ2v) is 6.63. The van der Waals surface area contributed by atoms with Crippen LogP contribution in [0.1, 0.15) is 38.3 Å². The van der Waals surface area contributed by atoms with E-state index in [0.29, 0.717) is 6.04 Å². The van der Waals surface area contributed by atoms with Gasteiger partial charge in [0.15, 0.2) is 0 Å². The highest BCUT2D eigenvalue weighted by Crippen LogP contribution is 2.34. The fraction of sp³-hybridized carbons (Fsp3) is 0.350. The van der Waals surface area contributed by atoms with E-state index in [4.69, 9.17) is 5.73 Å². The van der Waals surface area contributed by atoms with Crippen molar-refractivity contribution in [2.75, 3.05) is 0 Å². The maximum Gasteiger partial charge on any atom is 0.0922 e. The lowest BCUT2D eigenvalue weighted by atomic mass is 9.77. The Kier molecular flexibility index (Phi) is 5.04. The SMILES string of the molecule is C=C(C)CCC1CC(N=CC(=CN)c2cnc3ccccc3n2)C1. The van der Waals surface area contributed by atoms with Crippen molar-refractivity contribution < 1.29 is 0 Å². The van der Waals surface area contributed by atoms with Crippen molar-refractivity contribution in [1.82, 2.24) is 9.97 Å². The Hall–Kier alpha value is -2.49. The monoisotopic (exact) mass is 320 g/mol. The minimum absolute atomic E-state index is 0.406. The van der Waals surface area contributed by atoms with E-state index in [1.54, 1.807) is 12.4 Å². The molecule has 1 saturated carbocycles. The zero-order valence-corrected chi connectivity index (χ0v) is 14.2. The molecule has 2 N–H and O–H groups in total. The summed E-state index contributed by atoms with van der Waals surface area (Å²) in [7, 11) is 0. The number of aliphatic imine (C=N–C) groups is 1. The molecule has 0 saturated heterocycles. The second kappa shape index (κ2) is 7.39. The number of allylic oxidation sites excluding steroid dienone is 2. The molecule has 1 aromatic heterocycles. The van der Waals surface area contributed by atoms with Gasteiger partial charge in [-0.25, -0.2) is 4.98 Å². The Labute approximate surface area is 143 Å². The Morgan fingerprint density at radius 3 is 2.79 bits per heavy atom. The molecule has 1 aliphatic carbocycles. The van der Waals surface area contributed by atoms with Crippen LogP contribution in [0.25, 0.3) is 16.6 Å². The van der Waals surface area contributed by atoms with Gasteiger partial charge in [-0.2, -0.15) is 0 Å². The minimum Gasteiger partial charge on any atom is -0.404 e. The third kappa shape index (κ3) is 3.88. The fourth-order valence-electron chi connectivity index (χ4n) is 2.98. The average Bonchev–Trinajstić information content (AvgIpc) is 2.55. The topological polar surface area (TPSA) is 64.2 Å². The molecule has 3 rings (SSSR count). The largest absolute Gasteiger partial charge is 0.404 e. The maximum absolute atomic E-state index is 5.77. The number of benzene rings is 1. The highest BCUT2D eigenvalue weighted by atomic mass is 14.8. The minimum atomic E-state index is 0.406. The molecule has 4 nitrogen and oxygen atoms in total. The van der Waals surface area contributed by atoms with Crippen LogP contribution < -0.4 is 5.73 Å². The first-order chi connectivity index (χ1) is 11.7. The quantitative estimate of drug-likeness (QED) is 0.643. The van der Waals surface area contributed by atoms with E-state index >= 15 is 0 Å². The van der Waals surface area contributed by atoms with Crippen LogP contribution in [-0.2, 0) is 0 Å². The Balaban J connectivity index is 1.62. The lowest BCUT2D eigenvalue weighted by molar-refractivity contribution is 0.252. The molecule has 24 heavy (non-hydrogen) atoms. The highest BCUT2D eigenvalue weighted by molar-refractivity contribution is 6.09. The molecule has 4 heteroatoms. The predicted molar refractivity (Wildman–Crippen MR) is 101 cm³/mol. The summed E-state index contributed by atoms with van der Waals surface area (Å²) >= 11 is 0. The summed E-state index contributed by atoms with van der Waals surface area (Å²) < 4.78 is 0.